The molecule has 2 fully saturated rings. The van der Waals surface area contributed by atoms with Crippen LogP contribution in [-0.4, -0.2) is 60.9 Å². The lowest BCUT2D eigenvalue weighted by atomic mass is 9.77. The molecule has 2 amide bonds. The van der Waals surface area contributed by atoms with Crippen molar-refractivity contribution < 1.29 is 9.59 Å². The predicted molar refractivity (Wildman–Crippen MR) is 78.2 cm³/mol. The van der Waals surface area contributed by atoms with Gasteiger partial charge in [-0.25, -0.2) is 0 Å². The molecule has 1 N–H and O–H groups in total. The molecule has 0 aliphatic carbocycles. The number of hydrogen-bond acceptors (Lipinski definition) is 3. The van der Waals surface area contributed by atoms with Gasteiger partial charge in [-0.05, 0) is 37.6 Å². The minimum Gasteiger partial charge on any atom is -0.347 e. The molecule has 2 atom stereocenters. The van der Waals surface area contributed by atoms with Crippen molar-refractivity contribution in [1.82, 2.24) is 15.1 Å². The molecule has 0 saturated carbocycles. The van der Waals surface area contributed by atoms with E-state index in [2.05, 4.69) is 19.2 Å². The second-order valence-corrected chi connectivity index (χ2v) is 6.90. The standard InChI is InChI=1S/C15H27N3O2/c1-15(2)8-6-9-16-12(15)14(20)18-10-5-7-11(18)13(19)17(3)4/h11-12,16H,5-10H2,1-4H3. The smallest absolute Gasteiger partial charge is 0.244 e. The zero-order chi connectivity index (χ0) is 14.9. The number of nitrogens with one attached hydrogen (secondary N) is 1. The van der Waals surface area contributed by atoms with Gasteiger partial charge in [-0.2, -0.15) is 0 Å². The molecule has 0 radical (unpaired) electrons. The number of rotatable bonds is 2. The summed E-state index contributed by atoms with van der Waals surface area (Å²) in [7, 11) is 3.51. The van der Waals surface area contributed by atoms with Crippen molar-refractivity contribution >= 4 is 11.8 Å². The van der Waals surface area contributed by atoms with E-state index in [9.17, 15) is 9.59 Å². The Labute approximate surface area is 121 Å². The highest BCUT2D eigenvalue weighted by Crippen LogP contribution is 2.32. The highest BCUT2D eigenvalue weighted by Gasteiger charge is 2.43. The number of carbonyl (C=O) groups excluding carboxylic acids is 2. The van der Waals surface area contributed by atoms with Crippen LogP contribution in [0, 0.1) is 5.41 Å². The van der Waals surface area contributed by atoms with E-state index in [0.29, 0.717) is 6.54 Å². The second kappa shape index (κ2) is 5.72. The van der Waals surface area contributed by atoms with E-state index < -0.39 is 0 Å². The zero-order valence-electron chi connectivity index (χ0n) is 13.1. The Morgan fingerprint density at radius 2 is 1.95 bits per heavy atom. The van der Waals surface area contributed by atoms with Gasteiger partial charge in [0.25, 0.3) is 0 Å². The van der Waals surface area contributed by atoms with Crippen LogP contribution in [0.2, 0.25) is 0 Å². The lowest BCUT2D eigenvalue weighted by Crippen LogP contribution is -2.58. The van der Waals surface area contributed by atoms with Crippen LogP contribution in [-0.2, 0) is 9.59 Å². The van der Waals surface area contributed by atoms with Crippen LogP contribution in [0.15, 0.2) is 0 Å². The monoisotopic (exact) mass is 281 g/mol. The Morgan fingerprint density at radius 1 is 1.25 bits per heavy atom. The number of amides is 2. The quantitative estimate of drug-likeness (QED) is 0.816. The summed E-state index contributed by atoms with van der Waals surface area (Å²) in [5.41, 5.74) is -0.0381. The normalized spacial score (nSPS) is 29.3. The molecular formula is C15H27N3O2. The van der Waals surface area contributed by atoms with Crippen molar-refractivity contribution in [1.29, 1.82) is 0 Å². The number of piperidine rings is 1. The van der Waals surface area contributed by atoms with E-state index in [1.165, 1.54) is 0 Å². The van der Waals surface area contributed by atoms with Gasteiger partial charge in [-0.1, -0.05) is 13.8 Å². The lowest BCUT2D eigenvalue weighted by molar-refractivity contribution is -0.145. The fourth-order valence-corrected chi connectivity index (χ4v) is 3.38. The summed E-state index contributed by atoms with van der Waals surface area (Å²) in [5, 5.41) is 3.36. The third-order valence-corrected chi connectivity index (χ3v) is 4.64. The first-order valence-corrected chi connectivity index (χ1v) is 7.59. The molecule has 0 aromatic rings. The van der Waals surface area contributed by atoms with E-state index in [-0.39, 0.29) is 29.3 Å². The van der Waals surface area contributed by atoms with Crippen LogP contribution in [0.5, 0.6) is 0 Å². The highest BCUT2D eigenvalue weighted by molar-refractivity contribution is 5.90. The largest absolute Gasteiger partial charge is 0.347 e. The van der Waals surface area contributed by atoms with E-state index in [1.54, 1.807) is 23.9 Å². The average Bonchev–Trinajstić information content (AvgIpc) is 2.85. The van der Waals surface area contributed by atoms with Crippen molar-refractivity contribution in [3.8, 4) is 0 Å². The molecule has 2 heterocycles. The maximum Gasteiger partial charge on any atom is 0.244 e. The second-order valence-electron chi connectivity index (χ2n) is 6.90. The van der Waals surface area contributed by atoms with Gasteiger partial charge in [0.05, 0.1) is 6.04 Å². The van der Waals surface area contributed by atoms with Crippen LogP contribution in [0.4, 0.5) is 0 Å². The number of hydrogen-bond donors (Lipinski definition) is 1. The number of nitrogens with zero attached hydrogens (tertiary/aromatic N) is 2. The van der Waals surface area contributed by atoms with Crippen molar-refractivity contribution in [3.05, 3.63) is 0 Å². The van der Waals surface area contributed by atoms with E-state index in [4.69, 9.17) is 0 Å². The fourth-order valence-electron chi connectivity index (χ4n) is 3.38. The summed E-state index contributed by atoms with van der Waals surface area (Å²) in [5.74, 6) is 0.150. The van der Waals surface area contributed by atoms with E-state index in [0.717, 1.165) is 32.2 Å². The van der Waals surface area contributed by atoms with Crippen LogP contribution in [0.25, 0.3) is 0 Å². The van der Waals surface area contributed by atoms with Gasteiger partial charge in [0.1, 0.15) is 6.04 Å². The van der Waals surface area contributed by atoms with Gasteiger partial charge in [0.15, 0.2) is 0 Å². The fraction of sp³-hybridized carbons (Fsp3) is 0.867. The Bertz CT molecular complexity index is 393. The Hall–Kier alpha value is -1.10. The minimum absolute atomic E-state index is 0.0381. The topological polar surface area (TPSA) is 52.7 Å². The Kier molecular flexibility index (Phi) is 4.37. The maximum absolute atomic E-state index is 12.8. The van der Waals surface area contributed by atoms with Gasteiger partial charge in [0, 0.05) is 20.6 Å². The molecule has 0 spiro atoms. The molecule has 5 nitrogen and oxygen atoms in total. The molecule has 2 unspecified atom stereocenters. The molecule has 2 aliphatic heterocycles. The van der Waals surface area contributed by atoms with Crippen molar-refractivity contribution in [3.63, 3.8) is 0 Å². The van der Waals surface area contributed by atoms with Crippen molar-refractivity contribution in [2.45, 2.75) is 51.6 Å². The Balaban J connectivity index is 2.13. The van der Waals surface area contributed by atoms with E-state index in [1.807, 2.05) is 0 Å². The molecule has 114 valence electrons. The molecule has 0 aromatic carbocycles. The zero-order valence-corrected chi connectivity index (χ0v) is 13.1. The third kappa shape index (κ3) is 2.82. The SMILES string of the molecule is CN(C)C(=O)C1CCCN1C(=O)C1NCCCC1(C)C. The molecule has 20 heavy (non-hydrogen) atoms. The number of likely N-dealkylation sites (N-methyl/N-ethyl adjacent to an activating group) is 1. The summed E-state index contributed by atoms with van der Waals surface area (Å²) < 4.78 is 0. The molecular weight excluding hydrogens is 254 g/mol. The molecule has 0 aromatic heterocycles. The predicted octanol–water partition coefficient (Wildman–Crippen LogP) is 0.844. The molecule has 2 rings (SSSR count). The molecule has 0 bridgehead atoms. The first-order chi connectivity index (χ1) is 9.34. The van der Waals surface area contributed by atoms with Crippen LogP contribution < -0.4 is 5.32 Å². The molecule has 2 saturated heterocycles. The summed E-state index contributed by atoms with van der Waals surface area (Å²) in [6.07, 6.45) is 3.87. The third-order valence-electron chi connectivity index (χ3n) is 4.64. The molecule has 5 heteroatoms. The van der Waals surface area contributed by atoms with Gasteiger partial charge in [-0.15, -0.1) is 0 Å². The maximum atomic E-state index is 12.8. The number of carbonyl (C=O) groups is 2. The van der Waals surface area contributed by atoms with Gasteiger partial charge >= 0.3 is 0 Å². The van der Waals surface area contributed by atoms with Crippen LogP contribution in [0.3, 0.4) is 0 Å². The summed E-state index contributed by atoms with van der Waals surface area (Å²) in [4.78, 5) is 28.5. The Morgan fingerprint density at radius 3 is 2.55 bits per heavy atom. The van der Waals surface area contributed by atoms with Gasteiger partial charge < -0.3 is 15.1 Å². The van der Waals surface area contributed by atoms with Gasteiger partial charge in [0.2, 0.25) is 11.8 Å². The number of likely N-dealkylation sites (tertiary alicyclic amines) is 1. The average molecular weight is 281 g/mol. The van der Waals surface area contributed by atoms with Crippen LogP contribution >= 0.6 is 0 Å². The lowest BCUT2D eigenvalue weighted by Gasteiger charge is -2.41. The van der Waals surface area contributed by atoms with Crippen molar-refractivity contribution in [2.24, 2.45) is 5.41 Å². The summed E-state index contributed by atoms with van der Waals surface area (Å²) >= 11 is 0. The summed E-state index contributed by atoms with van der Waals surface area (Å²) in [6, 6.07) is -0.427. The minimum atomic E-state index is -0.267. The van der Waals surface area contributed by atoms with E-state index >= 15 is 0 Å². The highest BCUT2D eigenvalue weighted by atomic mass is 16.2. The van der Waals surface area contributed by atoms with Crippen LogP contribution in [0.1, 0.15) is 39.5 Å². The first kappa shape index (κ1) is 15.3. The summed E-state index contributed by atoms with van der Waals surface area (Å²) in [6.45, 7) is 5.87. The van der Waals surface area contributed by atoms with Crippen molar-refractivity contribution in [2.75, 3.05) is 27.2 Å². The van der Waals surface area contributed by atoms with Gasteiger partial charge in [-0.3, -0.25) is 9.59 Å². The first-order valence-electron chi connectivity index (χ1n) is 7.59. The molecule has 2 aliphatic rings.